The molecule has 0 radical (unpaired) electrons. The second-order valence-electron chi connectivity index (χ2n) is 8.37. The minimum atomic E-state index is -1.04. The van der Waals surface area contributed by atoms with Crippen LogP contribution in [0.15, 0.2) is 41.8 Å². The van der Waals surface area contributed by atoms with Crippen LogP contribution in [0.1, 0.15) is 58.8 Å². The van der Waals surface area contributed by atoms with Crippen LogP contribution in [0.5, 0.6) is 5.75 Å². The van der Waals surface area contributed by atoms with Gasteiger partial charge in [0.15, 0.2) is 11.7 Å². The molecular weight excluding hydrogens is 474 g/mol. The summed E-state index contributed by atoms with van der Waals surface area (Å²) in [6, 6.07) is 9.49. The fourth-order valence-corrected chi connectivity index (χ4v) is 4.85. The molecule has 2 heterocycles. The lowest BCUT2D eigenvalue weighted by molar-refractivity contribution is -0.123. The number of hydrogen-bond acceptors (Lipinski definition) is 8. The topological polar surface area (TPSA) is 141 Å². The molecule has 0 aliphatic carbocycles. The van der Waals surface area contributed by atoms with Crippen molar-refractivity contribution in [1.29, 1.82) is 0 Å². The van der Waals surface area contributed by atoms with Gasteiger partial charge in [0, 0.05) is 10.4 Å². The highest BCUT2D eigenvalue weighted by molar-refractivity contribution is 7.10. The van der Waals surface area contributed by atoms with Crippen molar-refractivity contribution in [3.8, 4) is 5.75 Å². The minimum Gasteiger partial charge on any atom is -0.492 e. The van der Waals surface area contributed by atoms with Gasteiger partial charge in [-0.05, 0) is 62.8 Å². The zero-order valence-corrected chi connectivity index (χ0v) is 21.0. The Morgan fingerprint density at radius 2 is 1.88 bits per heavy atom. The van der Waals surface area contributed by atoms with E-state index in [9.17, 15) is 14.4 Å². The highest BCUT2D eigenvalue weighted by Crippen LogP contribution is 2.39. The van der Waals surface area contributed by atoms with Crippen LogP contribution >= 0.6 is 22.9 Å². The predicted octanol–water partition coefficient (Wildman–Crippen LogP) is 3.59. The number of carbonyl (C=O) groups is 3. The molecule has 5 N–H and O–H groups in total. The molecular formula is C23H27N5O4S2. The van der Waals surface area contributed by atoms with Gasteiger partial charge in [0.05, 0.1) is 18.0 Å². The predicted molar refractivity (Wildman–Crippen MR) is 134 cm³/mol. The van der Waals surface area contributed by atoms with Crippen LogP contribution in [0.4, 0.5) is 11.4 Å². The van der Waals surface area contributed by atoms with Crippen molar-refractivity contribution in [3.05, 3.63) is 57.2 Å². The lowest BCUT2D eigenvalue weighted by Gasteiger charge is -2.33. The molecule has 0 aliphatic rings. The first-order valence-electron chi connectivity index (χ1n) is 10.5. The van der Waals surface area contributed by atoms with Gasteiger partial charge >= 0.3 is 0 Å². The SMILES string of the molecule is CCOc1ccccc1N(C(=O)c1snc(C(N)=O)c1N)C(C(=O)NC(C)(C)C)c1cccs1. The third-order valence-electron chi connectivity index (χ3n) is 4.62. The van der Waals surface area contributed by atoms with Crippen LogP contribution in [-0.2, 0) is 4.79 Å². The van der Waals surface area contributed by atoms with E-state index < -0.39 is 23.4 Å². The summed E-state index contributed by atoms with van der Waals surface area (Å²) < 4.78 is 9.75. The number of primary amides is 1. The second kappa shape index (κ2) is 10.2. The molecule has 1 unspecified atom stereocenters. The lowest BCUT2D eigenvalue weighted by atomic mass is 10.1. The van der Waals surface area contributed by atoms with Crippen LogP contribution < -0.4 is 26.4 Å². The molecule has 2 aromatic heterocycles. The van der Waals surface area contributed by atoms with Gasteiger partial charge in [0.2, 0.25) is 5.91 Å². The lowest BCUT2D eigenvalue weighted by Crippen LogP contribution is -2.49. The van der Waals surface area contributed by atoms with Gasteiger partial charge in [0.25, 0.3) is 11.8 Å². The molecule has 0 spiro atoms. The summed E-state index contributed by atoms with van der Waals surface area (Å²) in [6.07, 6.45) is 0. The first-order chi connectivity index (χ1) is 16.0. The molecule has 0 saturated heterocycles. The fraction of sp³-hybridized carbons (Fsp3) is 0.304. The highest BCUT2D eigenvalue weighted by atomic mass is 32.1. The number of hydrogen-bond donors (Lipinski definition) is 3. The van der Waals surface area contributed by atoms with Crippen LogP contribution in [0.2, 0.25) is 0 Å². The Morgan fingerprint density at radius 1 is 1.18 bits per heavy atom. The van der Waals surface area contributed by atoms with Crippen molar-refractivity contribution < 1.29 is 19.1 Å². The molecule has 180 valence electrons. The number of rotatable bonds is 8. The molecule has 3 rings (SSSR count). The van der Waals surface area contributed by atoms with E-state index in [-0.39, 0.29) is 22.2 Å². The smallest absolute Gasteiger partial charge is 0.273 e. The molecule has 1 atom stereocenters. The maximum absolute atomic E-state index is 14.0. The Hall–Kier alpha value is -3.44. The number of thiophene rings is 1. The molecule has 34 heavy (non-hydrogen) atoms. The molecule has 3 amide bonds. The van der Waals surface area contributed by atoms with Crippen molar-refractivity contribution in [1.82, 2.24) is 9.69 Å². The minimum absolute atomic E-state index is 0.00483. The van der Waals surface area contributed by atoms with E-state index in [1.165, 1.54) is 16.2 Å². The Bertz CT molecular complexity index is 1180. The van der Waals surface area contributed by atoms with Gasteiger partial charge in [-0.1, -0.05) is 18.2 Å². The van der Waals surface area contributed by atoms with Gasteiger partial charge in [-0.15, -0.1) is 11.3 Å². The van der Waals surface area contributed by atoms with E-state index in [1.807, 2.05) is 33.1 Å². The van der Waals surface area contributed by atoms with E-state index in [0.717, 1.165) is 11.5 Å². The Kier molecular flexibility index (Phi) is 7.57. The van der Waals surface area contributed by atoms with E-state index >= 15 is 0 Å². The van der Waals surface area contributed by atoms with Crippen molar-refractivity contribution in [2.24, 2.45) is 5.73 Å². The number of nitrogens with one attached hydrogen (secondary N) is 1. The maximum Gasteiger partial charge on any atom is 0.273 e. The van der Waals surface area contributed by atoms with Crippen LogP contribution in [0.3, 0.4) is 0 Å². The first-order valence-corrected chi connectivity index (χ1v) is 12.2. The number of anilines is 2. The Balaban J connectivity index is 2.24. The number of nitrogens with zero attached hydrogens (tertiary/aromatic N) is 2. The number of benzene rings is 1. The fourth-order valence-electron chi connectivity index (χ4n) is 3.30. The number of amides is 3. The highest BCUT2D eigenvalue weighted by Gasteiger charge is 2.38. The summed E-state index contributed by atoms with van der Waals surface area (Å²) in [5.41, 5.74) is 11.0. The standard InChI is InChI=1S/C23H27N5O4S2/c1-5-32-14-10-7-6-9-13(14)28(22(31)19-16(24)17(20(25)29)27-34-19)18(15-11-8-12-33-15)21(30)26-23(2,3)4/h6-12,18H,5,24H2,1-4H3,(H2,25,29)(H,26,30). The molecule has 9 nitrogen and oxygen atoms in total. The average molecular weight is 502 g/mol. The second-order valence-corrected chi connectivity index (χ2v) is 10.1. The zero-order valence-electron chi connectivity index (χ0n) is 19.3. The molecule has 0 bridgehead atoms. The van der Waals surface area contributed by atoms with E-state index in [0.29, 0.717) is 22.9 Å². The largest absolute Gasteiger partial charge is 0.492 e. The summed E-state index contributed by atoms with van der Waals surface area (Å²) >= 11 is 2.10. The molecule has 3 aromatic rings. The van der Waals surface area contributed by atoms with Crippen molar-refractivity contribution in [2.75, 3.05) is 17.2 Å². The summed E-state index contributed by atoms with van der Waals surface area (Å²) in [6.45, 7) is 7.75. The average Bonchev–Trinajstić information content (AvgIpc) is 3.41. The van der Waals surface area contributed by atoms with Crippen LogP contribution in [-0.4, -0.2) is 34.2 Å². The van der Waals surface area contributed by atoms with Crippen molar-refractivity contribution in [2.45, 2.75) is 39.3 Å². The Labute approximate surface area is 205 Å². The summed E-state index contributed by atoms with van der Waals surface area (Å²) in [7, 11) is 0. The summed E-state index contributed by atoms with van der Waals surface area (Å²) in [5.74, 6) is -1.40. The zero-order chi connectivity index (χ0) is 25.0. The normalized spacial score (nSPS) is 12.1. The number of aromatic nitrogens is 1. The molecule has 1 aromatic carbocycles. The number of nitrogens with two attached hydrogens (primary N) is 2. The van der Waals surface area contributed by atoms with Gasteiger partial charge in [0.1, 0.15) is 10.6 Å². The maximum atomic E-state index is 14.0. The van der Waals surface area contributed by atoms with E-state index in [2.05, 4.69) is 9.69 Å². The summed E-state index contributed by atoms with van der Waals surface area (Å²) in [4.78, 5) is 41.3. The van der Waals surface area contributed by atoms with Crippen LogP contribution in [0, 0.1) is 0 Å². The van der Waals surface area contributed by atoms with Gasteiger partial charge in [-0.25, -0.2) is 0 Å². The third-order valence-corrected chi connectivity index (χ3v) is 6.39. The third kappa shape index (κ3) is 5.37. The number of ether oxygens (including phenoxy) is 1. The Morgan fingerprint density at radius 3 is 2.44 bits per heavy atom. The number of para-hydroxylation sites is 2. The molecule has 0 saturated carbocycles. The number of carbonyl (C=O) groups excluding carboxylic acids is 3. The van der Waals surface area contributed by atoms with Crippen LogP contribution in [0.25, 0.3) is 0 Å². The first kappa shape index (κ1) is 25.2. The molecule has 0 fully saturated rings. The monoisotopic (exact) mass is 501 g/mol. The van der Waals surface area contributed by atoms with Crippen molar-refractivity contribution >= 4 is 52.0 Å². The molecule has 0 aliphatic heterocycles. The molecule has 11 heteroatoms. The van der Waals surface area contributed by atoms with E-state index in [1.54, 1.807) is 36.4 Å². The quantitative estimate of drug-likeness (QED) is 0.431. The van der Waals surface area contributed by atoms with Crippen molar-refractivity contribution in [3.63, 3.8) is 0 Å². The van der Waals surface area contributed by atoms with Gasteiger partial charge in [-0.2, -0.15) is 4.37 Å². The van der Waals surface area contributed by atoms with Gasteiger partial charge in [-0.3, -0.25) is 19.3 Å². The van der Waals surface area contributed by atoms with E-state index in [4.69, 9.17) is 16.2 Å². The number of nitrogen functional groups attached to an aromatic ring is 1. The van der Waals surface area contributed by atoms with Gasteiger partial charge < -0.3 is 21.5 Å². The summed E-state index contributed by atoms with van der Waals surface area (Å²) in [5, 5.41) is 4.80.